The molecular formula is C16H22N2O3. The van der Waals surface area contributed by atoms with E-state index in [0.29, 0.717) is 18.5 Å². The quantitative estimate of drug-likeness (QED) is 0.870. The van der Waals surface area contributed by atoms with Crippen molar-refractivity contribution in [3.8, 4) is 0 Å². The second kappa shape index (κ2) is 5.48. The maximum absolute atomic E-state index is 12.6. The van der Waals surface area contributed by atoms with E-state index in [1.165, 1.54) is 4.90 Å². The van der Waals surface area contributed by atoms with E-state index in [0.717, 1.165) is 5.56 Å². The van der Waals surface area contributed by atoms with Gasteiger partial charge in [0.25, 0.3) is 0 Å². The van der Waals surface area contributed by atoms with E-state index < -0.39 is 23.5 Å². The lowest BCUT2D eigenvalue weighted by atomic mass is 9.85. The molecule has 0 aromatic heterocycles. The number of fused-ring (bicyclic) bond motifs is 1. The smallest absolute Gasteiger partial charge is 0.327 e. The monoisotopic (exact) mass is 290 g/mol. The summed E-state index contributed by atoms with van der Waals surface area (Å²) in [5.41, 5.74) is 6.98. The number of carbonyl (C=O) groups is 2. The van der Waals surface area contributed by atoms with Crippen LogP contribution in [0, 0.1) is 5.41 Å². The van der Waals surface area contributed by atoms with Gasteiger partial charge in [-0.15, -0.1) is 0 Å². The topological polar surface area (TPSA) is 83.6 Å². The predicted octanol–water partition coefficient (Wildman–Crippen LogP) is 1.79. The van der Waals surface area contributed by atoms with E-state index in [4.69, 9.17) is 5.73 Å². The second-order valence-electron chi connectivity index (χ2n) is 6.59. The first-order valence-electron chi connectivity index (χ1n) is 7.13. The van der Waals surface area contributed by atoms with Gasteiger partial charge in [0.2, 0.25) is 5.91 Å². The number of aliphatic carboxylic acids is 1. The highest BCUT2D eigenvalue weighted by atomic mass is 16.4. The lowest BCUT2D eigenvalue weighted by Crippen LogP contribution is -2.56. The van der Waals surface area contributed by atoms with Gasteiger partial charge in [0.05, 0.1) is 6.04 Å². The molecule has 5 nitrogen and oxygen atoms in total. The van der Waals surface area contributed by atoms with Gasteiger partial charge in [-0.2, -0.15) is 0 Å². The number of rotatable bonds is 2. The molecule has 1 aromatic rings. The Balaban J connectivity index is 2.61. The van der Waals surface area contributed by atoms with Crippen LogP contribution >= 0.6 is 0 Å². The fourth-order valence-corrected chi connectivity index (χ4v) is 2.82. The lowest BCUT2D eigenvalue weighted by Gasteiger charge is -2.38. The first kappa shape index (κ1) is 15.5. The Bertz CT molecular complexity index is 563. The Kier molecular flexibility index (Phi) is 4.05. The molecule has 1 aromatic carbocycles. The van der Waals surface area contributed by atoms with Gasteiger partial charge in [0.15, 0.2) is 0 Å². The van der Waals surface area contributed by atoms with Crippen molar-refractivity contribution < 1.29 is 14.7 Å². The van der Waals surface area contributed by atoms with Gasteiger partial charge < -0.3 is 10.8 Å². The van der Waals surface area contributed by atoms with E-state index >= 15 is 0 Å². The van der Waals surface area contributed by atoms with Crippen molar-refractivity contribution >= 4 is 17.6 Å². The third-order valence-electron chi connectivity index (χ3n) is 3.84. The number of hydrogen-bond donors (Lipinski definition) is 2. The standard InChI is InChI=1S/C16H22N2O3/c1-16(2,3)13(15(20)21)18-12-7-5-4-6-10(12)8-9-11(17)14(18)19/h4-7,11,13H,8-9,17H2,1-3H3,(H,20,21)/t11-,13?/m0/s1. The van der Waals surface area contributed by atoms with Gasteiger partial charge in [-0.25, -0.2) is 4.79 Å². The molecular weight excluding hydrogens is 268 g/mol. The van der Waals surface area contributed by atoms with E-state index in [1.807, 2.05) is 39.0 Å². The van der Waals surface area contributed by atoms with Gasteiger partial charge in [-0.3, -0.25) is 9.69 Å². The number of aryl methyl sites for hydroxylation is 1. The molecule has 114 valence electrons. The van der Waals surface area contributed by atoms with Crippen LogP contribution in [0.1, 0.15) is 32.8 Å². The summed E-state index contributed by atoms with van der Waals surface area (Å²) in [4.78, 5) is 25.8. The molecule has 0 fully saturated rings. The number of hydrogen-bond acceptors (Lipinski definition) is 3. The maximum atomic E-state index is 12.6. The van der Waals surface area contributed by atoms with Crippen molar-refractivity contribution in [1.29, 1.82) is 0 Å². The van der Waals surface area contributed by atoms with Crippen LogP contribution in [0.3, 0.4) is 0 Å². The highest BCUT2D eigenvalue weighted by Crippen LogP contribution is 2.34. The number of carbonyl (C=O) groups excluding carboxylic acids is 1. The molecule has 0 saturated carbocycles. The van der Waals surface area contributed by atoms with Gasteiger partial charge in [0.1, 0.15) is 6.04 Å². The predicted molar refractivity (Wildman–Crippen MR) is 81.1 cm³/mol. The summed E-state index contributed by atoms with van der Waals surface area (Å²) in [7, 11) is 0. The van der Waals surface area contributed by atoms with Crippen LogP contribution in [-0.4, -0.2) is 29.1 Å². The average molecular weight is 290 g/mol. The molecule has 1 unspecified atom stereocenters. The third-order valence-corrected chi connectivity index (χ3v) is 3.84. The van der Waals surface area contributed by atoms with E-state index in [2.05, 4.69) is 0 Å². The number of carboxylic acids is 1. The van der Waals surface area contributed by atoms with Crippen LogP contribution in [0.5, 0.6) is 0 Å². The minimum Gasteiger partial charge on any atom is -0.480 e. The molecule has 3 N–H and O–H groups in total. The third kappa shape index (κ3) is 2.93. The Morgan fingerprint density at radius 1 is 1.38 bits per heavy atom. The zero-order valence-electron chi connectivity index (χ0n) is 12.7. The van der Waals surface area contributed by atoms with Gasteiger partial charge in [0, 0.05) is 5.69 Å². The molecule has 1 aliphatic rings. The van der Waals surface area contributed by atoms with Crippen molar-refractivity contribution in [3.05, 3.63) is 29.8 Å². The molecule has 2 atom stereocenters. The van der Waals surface area contributed by atoms with Crippen molar-refractivity contribution in [2.75, 3.05) is 4.90 Å². The zero-order chi connectivity index (χ0) is 15.8. The van der Waals surface area contributed by atoms with Crippen LogP contribution in [0.4, 0.5) is 5.69 Å². The summed E-state index contributed by atoms with van der Waals surface area (Å²) in [5.74, 6) is -1.33. The first-order valence-corrected chi connectivity index (χ1v) is 7.13. The maximum Gasteiger partial charge on any atom is 0.327 e. The minimum absolute atomic E-state index is 0.317. The summed E-state index contributed by atoms with van der Waals surface area (Å²) in [6, 6.07) is 5.82. The Labute approximate surface area is 124 Å². The van der Waals surface area contributed by atoms with E-state index in [9.17, 15) is 14.7 Å². The number of amides is 1. The summed E-state index contributed by atoms with van der Waals surface area (Å²) in [6.45, 7) is 5.45. The number of carboxylic acid groups (broad SMARTS) is 1. The average Bonchev–Trinajstić information content (AvgIpc) is 2.50. The Morgan fingerprint density at radius 2 is 2.00 bits per heavy atom. The Hall–Kier alpha value is -1.88. The highest BCUT2D eigenvalue weighted by Gasteiger charge is 2.42. The van der Waals surface area contributed by atoms with Crippen molar-refractivity contribution in [1.82, 2.24) is 0 Å². The molecule has 0 radical (unpaired) electrons. The molecule has 2 rings (SSSR count). The molecule has 0 bridgehead atoms. The van der Waals surface area contributed by atoms with Crippen molar-refractivity contribution in [2.24, 2.45) is 11.1 Å². The van der Waals surface area contributed by atoms with Gasteiger partial charge in [-0.05, 0) is 29.9 Å². The number of benzene rings is 1. The largest absolute Gasteiger partial charge is 0.480 e. The van der Waals surface area contributed by atoms with Crippen molar-refractivity contribution in [2.45, 2.75) is 45.7 Å². The molecule has 1 aliphatic heterocycles. The molecule has 1 amide bonds. The van der Waals surface area contributed by atoms with Gasteiger partial charge in [-0.1, -0.05) is 39.0 Å². The van der Waals surface area contributed by atoms with Crippen LogP contribution in [-0.2, 0) is 16.0 Å². The fourth-order valence-electron chi connectivity index (χ4n) is 2.82. The molecule has 21 heavy (non-hydrogen) atoms. The number of anilines is 1. The summed E-state index contributed by atoms with van der Waals surface area (Å²) in [5, 5.41) is 9.65. The van der Waals surface area contributed by atoms with Crippen LogP contribution in [0.15, 0.2) is 24.3 Å². The zero-order valence-corrected chi connectivity index (χ0v) is 12.7. The normalized spacial score (nSPS) is 20.7. The minimum atomic E-state index is -1.01. The first-order chi connectivity index (χ1) is 9.73. The van der Waals surface area contributed by atoms with Crippen LogP contribution in [0.2, 0.25) is 0 Å². The Morgan fingerprint density at radius 3 is 2.57 bits per heavy atom. The second-order valence-corrected chi connectivity index (χ2v) is 6.59. The van der Waals surface area contributed by atoms with E-state index in [1.54, 1.807) is 6.07 Å². The number of nitrogens with two attached hydrogens (primary N) is 1. The number of nitrogens with zero attached hydrogens (tertiary/aromatic N) is 1. The summed E-state index contributed by atoms with van der Waals surface area (Å²) in [6.07, 6.45) is 1.21. The van der Waals surface area contributed by atoms with Crippen LogP contribution < -0.4 is 10.6 Å². The summed E-state index contributed by atoms with van der Waals surface area (Å²) < 4.78 is 0. The van der Waals surface area contributed by atoms with Crippen LogP contribution in [0.25, 0.3) is 0 Å². The van der Waals surface area contributed by atoms with Crippen molar-refractivity contribution in [3.63, 3.8) is 0 Å². The lowest BCUT2D eigenvalue weighted by molar-refractivity contribution is -0.143. The molecule has 1 heterocycles. The number of para-hydroxylation sites is 1. The fraction of sp³-hybridized carbons (Fsp3) is 0.500. The summed E-state index contributed by atoms with van der Waals surface area (Å²) >= 11 is 0. The molecule has 0 spiro atoms. The molecule has 0 saturated heterocycles. The highest BCUT2D eigenvalue weighted by molar-refractivity contribution is 6.03. The van der Waals surface area contributed by atoms with E-state index in [-0.39, 0.29) is 5.91 Å². The molecule has 5 heteroatoms. The molecule has 0 aliphatic carbocycles. The van der Waals surface area contributed by atoms with Gasteiger partial charge >= 0.3 is 5.97 Å². The SMILES string of the molecule is CC(C)(C)C(C(=O)O)N1C(=O)[C@@H](N)CCc2ccccc21.